The number of carbonyl (C=O) groups excluding carboxylic acids is 1. The summed E-state index contributed by atoms with van der Waals surface area (Å²) in [4.78, 5) is 10.6. The predicted octanol–water partition coefficient (Wildman–Crippen LogP) is 4.03. The summed E-state index contributed by atoms with van der Waals surface area (Å²) in [6, 6.07) is 0. The number of alkyl halides is 3. The van der Waals surface area contributed by atoms with E-state index in [0.717, 1.165) is 25.7 Å². The van der Waals surface area contributed by atoms with Crippen LogP contribution in [0.2, 0.25) is 0 Å². The van der Waals surface area contributed by atoms with Crippen LogP contribution in [-0.4, -0.2) is 12.0 Å². The first-order chi connectivity index (χ1) is 6.88. The maximum atomic E-state index is 11.9. The van der Waals surface area contributed by atoms with Gasteiger partial charge >= 0.3 is 6.18 Å². The lowest BCUT2D eigenvalue weighted by Crippen LogP contribution is -2.20. The smallest absolute Gasteiger partial charge is 0.285 e. The number of allylic oxidation sites excluding steroid dienone is 2. The zero-order valence-electron chi connectivity index (χ0n) is 9.16. The second kappa shape index (κ2) is 6.64. The fourth-order valence-corrected chi connectivity index (χ4v) is 1.21. The van der Waals surface area contributed by atoms with Crippen LogP contribution in [0.3, 0.4) is 0 Å². The van der Waals surface area contributed by atoms with Crippen molar-refractivity contribution in [2.75, 3.05) is 0 Å². The standard InChI is InChI=1S/C11H17F3O/c1-3-4-5-6-7-9(2)8-10(15)11(12,13)14/h8H,3-7H2,1-2H3/b9-8-. The van der Waals surface area contributed by atoms with Crippen molar-refractivity contribution >= 4 is 5.78 Å². The number of carbonyl (C=O) groups is 1. The molecule has 0 saturated carbocycles. The van der Waals surface area contributed by atoms with Crippen molar-refractivity contribution in [1.29, 1.82) is 0 Å². The van der Waals surface area contributed by atoms with Gasteiger partial charge in [-0.25, -0.2) is 0 Å². The second-order valence-corrected chi connectivity index (χ2v) is 3.66. The summed E-state index contributed by atoms with van der Waals surface area (Å²) in [5, 5.41) is 0. The summed E-state index contributed by atoms with van der Waals surface area (Å²) in [5.41, 5.74) is 0.508. The van der Waals surface area contributed by atoms with E-state index in [-0.39, 0.29) is 0 Å². The van der Waals surface area contributed by atoms with E-state index in [1.807, 2.05) is 0 Å². The molecule has 0 aromatic rings. The molecule has 0 amide bonds. The molecule has 0 fully saturated rings. The summed E-state index contributed by atoms with van der Waals surface area (Å²) < 4.78 is 35.6. The maximum Gasteiger partial charge on any atom is 0.454 e. The maximum absolute atomic E-state index is 11.9. The van der Waals surface area contributed by atoms with Crippen molar-refractivity contribution in [3.8, 4) is 0 Å². The summed E-state index contributed by atoms with van der Waals surface area (Å²) in [7, 11) is 0. The molecule has 1 nitrogen and oxygen atoms in total. The third-order valence-electron chi connectivity index (χ3n) is 2.08. The number of hydrogen-bond donors (Lipinski definition) is 0. The minimum absolute atomic E-state index is 0.508. The van der Waals surface area contributed by atoms with E-state index in [1.54, 1.807) is 6.92 Å². The van der Waals surface area contributed by atoms with Crippen LogP contribution in [0.1, 0.15) is 46.0 Å². The molecule has 0 aromatic heterocycles. The molecule has 15 heavy (non-hydrogen) atoms. The molecule has 0 spiro atoms. The van der Waals surface area contributed by atoms with Crippen molar-refractivity contribution < 1.29 is 18.0 Å². The van der Waals surface area contributed by atoms with Gasteiger partial charge in [-0.2, -0.15) is 13.2 Å². The predicted molar refractivity (Wildman–Crippen MR) is 53.6 cm³/mol. The average Bonchev–Trinajstić information content (AvgIpc) is 2.11. The number of hydrogen-bond acceptors (Lipinski definition) is 1. The Kier molecular flexibility index (Phi) is 6.29. The van der Waals surface area contributed by atoms with Gasteiger partial charge in [0, 0.05) is 0 Å². The third-order valence-corrected chi connectivity index (χ3v) is 2.08. The second-order valence-electron chi connectivity index (χ2n) is 3.66. The molecule has 0 rings (SSSR count). The Morgan fingerprint density at radius 1 is 1.20 bits per heavy atom. The lowest BCUT2D eigenvalue weighted by Gasteiger charge is -2.03. The molecular formula is C11H17F3O. The number of halogens is 3. The molecule has 4 heteroatoms. The van der Waals surface area contributed by atoms with Gasteiger partial charge in [0.15, 0.2) is 0 Å². The monoisotopic (exact) mass is 222 g/mol. The highest BCUT2D eigenvalue weighted by Gasteiger charge is 2.36. The van der Waals surface area contributed by atoms with Gasteiger partial charge in [0.1, 0.15) is 0 Å². The number of ketones is 1. The van der Waals surface area contributed by atoms with Gasteiger partial charge < -0.3 is 0 Å². The van der Waals surface area contributed by atoms with E-state index < -0.39 is 12.0 Å². The number of rotatable bonds is 6. The molecule has 0 N–H and O–H groups in total. The Hall–Kier alpha value is -0.800. The van der Waals surface area contributed by atoms with Gasteiger partial charge in [-0.3, -0.25) is 4.79 Å². The van der Waals surface area contributed by atoms with Crippen molar-refractivity contribution in [3.05, 3.63) is 11.6 Å². The van der Waals surface area contributed by atoms with Gasteiger partial charge in [-0.1, -0.05) is 31.8 Å². The van der Waals surface area contributed by atoms with Crippen LogP contribution in [0.15, 0.2) is 11.6 Å². The minimum atomic E-state index is -4.73. The Bertz CT molecular complexity index is 228. The molecular weight excluding hydrogens is 205 g/mol. The van der Waals surface area contributed by atoms with Crippen molar-refractivity contribution in [2.24, 2.45) is 0 Å². The molecule has 0 atom stereocenters. The van der Waals surface area contributed by atoms with E-state index in [0.29, 0.717) is 18.1 Å². The molecule has 0 unspecified atom stereocenters. The fourth-order valence-electron chi connectivity index (χ4n) is 1.21. The van der Waals surface area contributed by atoms with Gasteiger partial charge in [0.2, 0.25) is 0 Å². The summed E-state index contributed by atoms with van der Waals surface area (Å²) in [5.74, 6) is -1.75. The lowest BCUT2D eigenvalue weighted by molar-refractivity contribution is -0.165. The van der Waals surface area contributed by atoms with Crippen LogP contribution in [-0.2, 0) is 4.79 Å². The first-order valence-electron chi connectivity index (χ1n) is 5.16. The van der Waals surface area contributed by atoms with Crippen LogP contribution in [0, 0.1) is 0 Å². The van der Waals surface area contributed by atoms with E-state index in [2.05, 4.69) is 6.92 Å². The van der Waals surface area contributed by atoms with E-state index >= 15 is 0 Å². The molecule has 0 aliphatic heterocycles. The van der Waals surface area contributed by atoms with Crippen molar-refractivity contribution in [3.63, 3.8) is 0 Å². The highest BCUT2D eigenvalue weighted by molar-refractivity contribution is 5.94. The zero-order chi connectivity index (χ0) is 11.9. The lowest BCUT2D eigenvalue weighted by atomic mass is 10.1. The van der Waals surface area contributed by atoms with Gasteiger partial charge in [0.25, 0.3) is 5.78 Å². The Balaban J connectivity index is 3.93. The van der Waals surface area contributed by atoms with Gasteiger partial charge in [-0.05, 0) is 25.8 Å². The van der Waals surface area contributed by atoms with Gasteiger partial charge in [-0.15, -0.1) is 0 Å². The van der Waals surface area contributed by atoms with E-state index in [4.69, 9.17) is 0 Å². The highest BCUT2D eigenvalue weighted by atomic mass is 19.4. The molecule has 0 aliphatic rings. The van der Waals surface area contributed by atoms with Gasteiger partial charge in [0.05, 0.1) is 0 Å². The van der Waals surface area contributed by atoms with Crippen molar-refractivity contribution in [1.82, 2.24) is 0 Å². The topological polar surface area (TPSA) is 17.1 Å². The largest absolute Gasteiger partial charge is 0.454 e. The normalized spacial score (nSPS) is 13.0. The van der Waals surface area contributed by atoms with Crippen LogP contribution in [0.4, 0.5) is 13.2 Å². The molecule has 0 radical (unpaired) electrons. The first-order valence-corrected chi connectivity index (χ1v) is 5.16. The van der Waals surface area contributed by atoms with Crippen molar-refractivity contribution in [2.45, 2.75) is 52.1 Å². The van der Waals surface area contributed by atoms with E-state index in [1.165, 1.54) is 0 Å². The average molecular weight is 222 g/mol. The Morgan fingerprint density at radius 2 is 1.80 bits per heavy atom. The van der Waals surface area contributed by atoms with Crippen LogP contribution in [0.5, 0.6) is 0 Å². The van der Waals surface area contributed by atoms with Crippen LogP contribution in [0.25, 0.3) is 0 Å². The molecule has 0 saturated heterocycles. The SMILES string of the molecule is CCCCCC/C(C)=C\C(=O)C(F)(F)F. The molecule has 88 valence electrons. The quantitative estimate of drug-likeness (QED) is 0.489. The fraction of sp³-hybridized carbons (Fsp3) is 0.727. The Morgan fingerprint density at radius 3 is 2.27 bits per heavy atom. The molecule has 0 bridgehead atoms. The Labute approximate surface area is 88.4 Å². The zero-order valence-corrected chi connectivity index (χ0v) is 9.16. The molecule has 0 heterocycles. The third kappa shape index (κ3) is 7.17. The molecule has 0 aromatic carbocycles. The molecule has 0 aliphatic carbocycles. The summed E-state index contributed by atoms with van der Waals surface area (Å²) >= 11 is 0. The first kappa shape index (κ1) is 14.2. The number of unbranched alkanes of at least 4 members (excludes halogenated alkanes) is 3. The van der Waals surface area contributed by atoms with E-state index in [9.17, 15) is 18.0 Å². The van der Waals surface area contributed by atoms with Crippen LogP contribution >= 0.6 is 0 Å². The minimum Gasteiger partial charge on any atom is -0.285 e. The van der Waals surface area contributed by atoms with Crippen LogP contribution < -0.4 is 0 Å². The summed E-state index contributed by atoms with van der Waals surface area (Å²) in [6.07, 6.45) is 0.562. The highest BCUT2D eigenvalue weighted by Crippen LogP contribution is 2.18. The summed E-state index contributed by atoms with van der Waals surface area (Å²) in [6.45, 7) is 3.63.